The van der Waals surface area contributed by atoms with Crippen molar-refractivity contribution < 1.29 is 22.6 Å². The van der Waals surface area contributed by atoms with Gasteiger partial charge in [0.2, 0.25) is 5.88 Å². The molecule has 1 saturated heterocycles. The van der Waals surface area contributed by atoms with Gasteiger partial charge in [0, 0.05) is 24.2 Å². The van der Waals surface area contributed by atoms with Crippen molar-refractivity contribution in [1.29, 1.82) is 0 Å². The topological polar surface area (TPSA) is 77.7 Å². The normalized spacial score (nSPS) is 17.7. The van der Waals surface area contributed by atoms with E-state index in [0.29, 0.717) is 5.56 Å². The van der Waals surface area contributed by atoms with Crippen molar-refractivity contribution >= 4 is 11.5 Å². The van der Waals surface area contributed by atoms with Gasteiger partial charge >= 0.3 is 6.01 Å². The van der Waals surface area contributed by atoms with Gasteiger partial charge in [-0.2, -0.15) is 14.6 Å². The molecule has 0 radical (unpaired) electrons. The van der Waals surface area contributed by atoms with Gasteiger partial charge in [0.15, 0.2) is 11.5 Å². The Bertz CT molecular complexity index is 1070. The molecule has 0 amide bonds. The van der Waals surface area contributed by atoms with Crippen LogP contribution in [0, 0.1) is 11.2 Å². The number of methoxy groups -OCH3 is 2. The highest BCUT2D eigenvalue weighted by Crippen LogP contribution is 2.45. The molecular weight excluding hydrogens is 389 g/mol. The molecule has 0 spiro atoms. The Morgan fingerprint density at radius 1 is 1.07 bits per heavy atom. The van der Waals surface area contributed by atoms with E-state index in [9.17, 15) is 13.2 Å². The van der Waals surface area contributed by atoms with Gasteiger partial charge in [0.05, 0.1) is 38.2 Å². The molecule has 1 aliphatic rings. The fraction of sp³-hybridized carbons (Fsp3) is 0.444. The first-order valence-electron chi connectivity index (χ1n) is 8.79. The van der Waals surface area contributed by atoms with E-state index in [1.807, 2.05) is 0 Å². The lowest BCUT2D eigenvalue weighted by Crippen LogP contribution is -2.34. The summed E-state index contributed by atoms with van der Waals surface area (Å²) >= 11 is 0. The van der Waals surface area contributed by atoms with Gasteiger partial charge < -0.3 is 14.4 Å². The smallest absolute Gasteiger partial charge is 0.319 e. The summed E-state index contributed by atoms with van der Waals surface area (Å²) in [5.74, 6) is -3.15. The zero-order valence-corrected chi connectivity index (χ0v) is 16.3. The average molecular weight is 408 g/mol. The molecule has 0 aliphatic carbocycles. The van der Waals surface area contributed by atoms with E-state index in [0.717, 1.165) is 6.20 Å². The van der Waals surface area contributed by atoms with Gasteiger partial charge in [-0.05, 0) is 0 Å². The minimum atomic E-state index is -2.92. The number of halogens is 3. The summed E-state index contributed by atoms with van der Waals surface area (Å²) in [5.41, 5.74) is -0.722. The van der Waals surface area contributed by atoms with Gasteiger partial charge in [-0.3, -0.25) is 0 Å². The van der Waals surface area contributed by atoms with E-state index in [-0.39, 0.29) is 35.6 Å². The third kappa shape index (κ3) is 3.00. The third-order valence-electron chi connectivity index (χ3n) is 5.08. The number of anilines is 1. The van der Waals surface area contributed by atoms with Crippen molar-refractivity contribution in [2.75, 3.05) is 32.2 Å². The number of rotatable bonds is 4. The lowest BCUT2D eigenvalue weighted by atomic mass is 9.89. The highest BCUT2D eigenvalue weighted by molar-refractivity contribution is 5.70. The summed E-state index contributed by atoms with van der Waals surface area (Å²) in [6, 6.07) is 1.63. The van der Waals surface area contributed by atoms with Crippen LogP contribution < -0.4 is 14.4 Å². The highest BCUT2D eigenvalue weighted by atomic mass is 19.3. The Labute approximate surface area is 164 Å². The predicted molar refractivity (Wildman–Crippen MR) is 98.0 cm³/mol. The number of nitrogens with zero attached hydrogens (tertiary/aromatic N) is 6. The third-order valence-corrected chi connectivity index (χ3v) is 5.08. The van der Waals surface area contributed by atoms with E-state index >= 15 is 0 Å². The zero-order valence-electron chi connectivity index (χ0n) is 16.3. The summed E-state index contributed by atoms with van der Waals surface area (Å²) in [7, 11) is 2.82. The monoisotopic (exact) mass is 408 g/mol. The summed E-state index contributed by atoms with van der Waals surface area (Å²) < 4.78 is 54.7. The largest absolute Gasteiger partial charge is 0.480 e. The van der Waals surface area contributed by atoms with E-state index in [1.54, 1.807) is 6.07 Å². The molecule has 0 saturated carbocycles. The van der Waals surface area contributed by atoms with E-state index in [4.69, 9.17) is 9.47 Å². The van der Waals surface area contributed by atoms with Crippen LogP contribution in [0.2, 0.25) is 0 Å². The SMILES string of the molecule is COc1ncc(-c2cc(N3CC(C)(C)C(F)(F)C3)n3ncc(F)c3n2)c(OC)n1. The fourth-order valence-corrected chi connectivity index (χ4v) is 3.33. The Kier molecular flexibility index (Phi) is 4.28. The van der Waals surface area contributed by atoms with Gasteiger partial charge in [0.25, 0.3) is 5.92 Å². The van der Waals surface area contributed by atoms with Gasteiger partial charge in [-0.25, -0.2) is 23.1 Å². The van der Waals surface area contributed by atoms with Crippen molar-refractivity contribution in [3.63, 3.8) is 0 Å². The van der Waals surface area contributed by atoms with Crippen molar-refractivity contribution in [3.8, 4) is 23.1 Å². The molecule has 154 valence electrons. The maximum atomic E-state index is 14.5. The molecule has 4 heterocycles. The second-order valence-corrected chi connectivity index (χ2v) is 7.45. The molecule has 0 bridgehead atoms. The first kappa shape index (κ1) is 19.2. The fourth-order valence-electron chi connectivity index (χ4n) is 3.33. The molecule has 8 nitrogen and oxygen atoms in total. The molecule has 3 aromatic heterocycles. The van der Waals surface area contributed by atoms with Crippen molar-refractivity contribution in [2.24, 2.45) is 5.41 Å². The van der Waals surface area contributed by atoms with E-state index in [1.165, 1.54) is 43.7 Å². The molecule has 1 fully saturated rings. The first-order chi connectivity index (χ1) is 13.7. The minimum Gasteiger partial charge on any atom is -0.480 e. The number of ether oxygens (including phenoxy) is 2. The van der Waals surface area contributed by atoms with Crippen LogP contribution in [0.5, 0.6) is 11.9 Å². The van der Waals surface area contributed by atoms with E-state index < -0.39 is 23.7 Å². The van der Waals surface area contributed by atoms with Gasteiger partial charge in [-0.15, -0.1) is 0 Å². The molecule has 11 heteroatoms. The second kappa shape index (κ2) is 6.46. The number of alkyl halides is 2. The Hall–Kier alpha value is -3.11. The molecule has 29 heavy (non-hydrogen) atoms. The molecule has 4 rings (SSSR count). The first-order valence-corrected chi connectivity index (χ1v) is 8.79. The number of hydrogen-bond donors (Lipinski definition) is 0. The minimum absolute atomic E-state index is 0.0658. The van der Waals surface area contributed by atoms with E-state index in [2.05, 4.69) is 20.1 Å². The van der Waals surface area contributed by atoms with Crippen LogP contribution in [0.3, 0.4) is 0 Å². The van der Waals surface area contributed by atoms with Crippen molar-refractivity contribution in [2.45, 2.75) is 19.8 Å². The van der Waals surface area contributed by atoms with Gasteiger partial charge in [0.1, 0.15) is 5.82 Å². The van der Waals surface area contributed by atoms with Crippen LogP contribution in [0.15, 0.2) is 18.5 Å². The van der Waals surface area contributed by atoms with Crippen LogP contribution >= 0.6 is 0 Å². The van der Waals surface area contributed by atoms with Crippen LogP contribution in [0.4, 0.5) is 19.0 Å². The Morgan fingerprint density at radius 2 is 1.83 bits per heavy atom. The number of fused-ring (bicyclic) bond motifs is 1. The van der Waals surface area contributed by atoms with Crippen LogP contribution in [0.25, 0.3) is 16.9 Å². The van der Waals surface area contributed by atoms with Crippen molar-refractivity contribution in [1.82, 2.24) is 24.6 Å². The Morgan fingerprint density at radius 3 is 2.45 bits per heavy atom. The molecule has 0 N–H and O–H groups in total. The predicted octanol–water partition coefficient (Wildman–Crippen LogP) is 2.82. The highest BCUT2D eigenvalue weighted by Gasteiger charge is 2.54. The standard InChI is InChI=1S/C18H19F3N6O2/c1-17(2)8-26(9-18(17,20)21)13-5-12(24-14-11(19)7-23-27(13)14)10-6-22-16(29-4)25-15(10)28-3/h5-7H,8-9H2,1-4H3. The molecular formula is C18H19F3N6O2. The molecule has 0 atom stereocenters. The lowest BCUT2D eigenvalue weighted by Gasteiger charge is -2.24. The number of aromatic nitrogens is 5. The quantitative estimate of drug-likeness (QED) is 0.657. The lowest BCUT2D eigenvalue weighted by molar-refractivity contribution is -0.0643. The molecule has 3 aromatic rings. The molecule has 0 unspecified atom stereocenters. The summed E-state index contributed by atoms with van der Waals surface area (Å²) in [4.78, 5) is 13.9. The molecule has 0 aromatic carbocycles. The van der Waals surface area contributed by atoms with Gasteiger partial charge in [-0.1, -0.05) is 13.8 Å². The Balaban J connectivity index is 1.90. The summed E-state index contributed by atoms with van der Waals surface area (Å²) in [5, 5.41) is 3.97. The number of hydrogen-bond acceptors (Lipinski definition) is 7. The summed E-state index contributed by atoms with van der Waals surface area (Å²) in [6.07, 6.45) is 2.42. The van der Waals surface area contributed by atoms with Crippen LogP contribution in [-0.2, 0) is 0 Å². The van der Waals surface area contributed by atoms with Crippen LogP contribution in [0.1, 0.15) is 13.8 Å². The second-order valence-electron chi connectivity index (χ2n) is 7.45. The maximum absolute atomic E-state index is 14.5. The average Bonchev–Trinajstić information content (AvgIpc) is 3.16. The molecule has 1 aliphatic heterocycles. The maximum Gasteiger partial charge on any atom is 0.319 e. The summed E-state index contributed by atoms with van der Waals surface area (Å²) in [6.45, 7) is 2.54. The zero-order chi connectivity index (χ0) is 21.0. The van der Waals surface area contributed by atoms with Crippen LogP contribution in [-0.4, -0.2) is 57.8 Å². The van der Waals surface area contributed by atoms with Crippen molar-refractivity contribution in [3.05, 3.63) is 24.3 Å².